The highest BCUT2D eigenvalue weighted by Gasteiger charge is 2.34. The second kappa shape index (κ2) is 7.49. The topological polar surface area (TPSA) is 74.2 Å². The summed E-state index contributed by atoms with van der Waals surface area (Å²) in [4.78, 5) is 15.2. The van der Waals surface area contributed by atoms with Crippen LogP contribution in [0.3, 0.4) is 0 Å². The largest absolute Gasteiger partial charge is 0.478 e. The van der Waals surface area contributed by atoms with Crippen LogP contribution in [-0.4, -0.2) is 34.7 Å². The third kappa shape index (κ3) is 4.45. The van der Waals surface area contributed by atoms with Crippen molar-refractivity contribution in [1.82, 2.24) is 10.3 Å². The van der Waals surface area contributed by atoms with Gasteiger partial charge in [0.05, 0.1) is 5.54 Å². The van der Waals surface area contributed by atoms with Gasteiger partial charge in [-0.25, -0.2) is 9.78 Å². The van der Waals surface area contributed by atoms with Crippen molar-refractivity contribution in [2.45, 2.75) is 25.3 Å². The highest BCUT2D eigenvalue weighted by atomic mass is 16.4. The highest BCUT2D eigenvalue weighted by molar-refractivity contribution is 5.85. The number of carboxylic acids is 1. The van der Waals surface area contributed by atoms with Gasteiger partial charge in [-0.15, -0.1) is 0 Å². The Kier molecular flexibility index (Phi) is 5.14. The van der Waals surface area contributed by atoms with Gasteiger partial charge in [0.2, 0.25) is 0 Å². The minimum Gasteiger partial charge on any atom is -0.478 e. The second-order valence-electron chi connectivity index (χ2n) is 6.60. The SMILES string of the molecule is Cc1cc(/C=C/C(=O)O)cnc1N[C@]1(Cc2ccccc2)CCNC1. The molecule has 2 aromatic rings. The number of rotatable bonds is 6. The fourth-order valence-corrected chi connectivity index (χ4v) is 3.27. The van der Waals surface area contributed by atoms with Gasteiger partial charge in [-0.1, -0.05) is 30.3 Å². The fourth-order valence-electron chi connectivity index (χ4n) is 3.27. The van der Waals surface area contributed by atoms with Crippen LogP contribution in [0.5, 0.6) is 0 Å². The smallest absolute Gasteiger partial charge is 0.328 e. The monoisotopic (exact) mass is 337 g/mol. The van der Waals surface area contributed by atoms with E-state index in [1.807, 2.05) is 19.1 Å². The Morgan fingerprint density at radius 3 is 2.84 bits per heavy atom. The van der Waals surface area contributed by atoms with Gasteiger partial charge in [-0.05, 0) is 55.1 Å². The van der Waals surface area contributed by atoms with E-state index in [4.69, 9.17) is 5.11 Å². The van der Waals surface area contributed by atoms with Crippen LogP contribution in [0.4, 0.5) is 5.82 Å². The van der Waals surface area contributed by atoms with Crippen molar-refractivity contribution in [2.24, 2.45) is 0 Å². The van der Waals surface area contributed by atoms with E-state index in [9.17, 15) is 4.79 Å². The number of anilines is 1. The second-order valence-corrected chi connectivity index (χ2v) is 6.60. The molecule has 1 saturated heterocycles. The zero-order chi connectivity index (χ0) is 17.7. The number of benzene rings is 1. The molecule has 130 valence electrons. The maximum Gasteiger partial charge on any atom is 0.328 e. The number of aromatic nitrogens is 1. The average Bonchev–Trinajstić information content (AvgIpc) is 3.04. The number of hydrogen-bond donors (Lipinski definition) is 3. The minimum atomic E-state index is -0.960. The molecule has 0 radical (unpaired) electrons. The lowest BCUT2D eigenvalue weighted by Gasteiger charge is -2.31. The van der Waals surface area contributed by atoms with Gasteiger partial charge in [0.1, 0.15) is 5.82 Å². The summed E-state index contributed by atoms with van der Waals surface area (Å²) in [5, 5.41) is 15.8. The third-order valence-electron chi connectivity index (χ3n) is 4.53. The molecule has 0 unspecified atom stereocenters. The molecule has 0 amide bonds. The number of pyridine rings is 1. The average molecular weight is 337 g/mol. The Morgan fingerprint density at radius 2 is 2.20 bits per heavy atom. The molecular formula is C20H23N3O2. The molecule has 0 bridgehead atoms. The van der Waals surface area contributed by atoms with Gasteiger partial charge in [0.25, 0.3) is 0 Å². The molecule has 1 aromatic heterocycles. The predicted octanol–water partition coefficient (Wildman–Crippen LogP) is 2.87. The summed E-state index contributed by atoms with van der Waals surface area (Å²) < 4.78 is 0. The zero-order valence-corrected chi connectivity index (χ0v) is 14.3. The standard InChI is InChI=1S/C20H23N3O2/c1-15-11-17(7-8-18(24)25)13-22-19(15)23-20(9-10-21-14-20)12-16-5-3-2-4-6-16/h2-8,11,13,21H,9-10,12,14H2,1H3,(H,22,23)(H,24,25)/b8-7+/t20-/m0/s1. The summed E-state index contributed by atoms with van der Waals surface area (Å²) in [6.45, 7) is 3.87. The van der Waals surface area contributed by atoms with Crippen LogP contribution < -0.4 is 10.6 Å². The Labute approximate surface area is 147 Å². The molecule has 2 heterocycles. The Hall–Kier alpha value is -2.66. The molecular weight excluding hydrogens is 314 g/mol. The number of aliphatic carboxylic acids is 1. The van der Waals surface area contributed by atoms with Crippen LogP contribution in [0.15, 0.2) is 48.7 Å². The van der Waals surface area contributed by atoms with Crippen molar-refractivity contribution in [1.29, 1.82) is 0 Å². The van der Waals surface area contributed by atoms with Crippen LogP contribution in [0.2, 0.25) is 0 Å². The molecule has 1 aliphatic heterocycles. The first-order valence-corrected chi connectivity index (χ1v) is 8.47. The van der Waals surface area contributed by atoms with Crippen molar-refractivity contribution in [3.8, 4) is 0 Å². The number of nitrogens with one attached hydrogen (secondary N) is 2. The molecule has 5 nitrogen and oxygen atoms in total. The number of carboxylic acid groups (broad SMARTS) is 1. The first-order valence-electron chi connectivity index (χ1n) is 8.47. The van der Waals surface area contributed by atoms with E-state index in [1.165, 1.54) is 5.56 Å². The van der Waals surface area contributed by atoms with Crippen LogP contribution in [0, 0.1) is 6.92 Å². The van der Waals surface area contributed by atoms with E-state index in [-0.39, 0.29) is 5.54 Å². The minimum absolute atomic E-state index is 0.0580. The molecule has 0 spiro atoms. The zero-order valence-electron chi connectivity index (χ0n) is 14.3. The molecule has 3 N–H and O–H groups in total. The number of aryl methyl sites for hydroxylation is 1. The van der Waals surface area contributed by atoms with Crippen LogP contribution >= 0.6 is 0 Å². The summed E-state index contributed by atoms with van der Waals surface area (Å²) >= 11 is 0. The summed E-state index contributed by atoms with van der Waals surface area (Å²) in [6, 6.07) is 12.4. The lowest BCUT2D eigenvalue weighted by molar-refractivity contribution is -0.131. The molecule has 1 aromatic carbocycles. The van der Waals surface area contributed by atoms with E-state index in [1.54, 1.807) is 12.3 Å². The first kappa shape index (κ1) is 17.2. The van der Waals surface area contributed by atoms with Crippen molar-refractivity contribution in [3.63, 3.8) is 0 Å². The molecule has 1 atom stereocenters. The third-order valence-corrected chi connectivity index (χ3v) is 4.53. The molecule has 1 aliphatic rings. The van der Waals surface area contributed by atoms with Crippen molar-refractivity contribution in [3.05, 3.63) is 65.4 Å². The van der Waals surface area contributed by atoms with E-state index in [2.05, 4.69) is 39.9 Å². The fraction of sp³-hybridized carbons (Fsp3) is 0.300. The highest BCUT2D eigenvalue weighted by Crippen LogP contribution is 2.27. The predicted molar refractivity (Wildman–Crippen MR) is 99.6 cm³/mol. The molecule has 5 heteroatoms. The quantitative estimate of drug-likeness (QED) is 0.707. The molecule has 0 saturated carbocycles. The van der Waals surface area contributed by atoms with E-state index in [0.29, 0.717) is 0 Å². The summed E-state index contributed by atoms with van der Waals surface area (Å²) in [7, 11) is 0. The Balaban J connectivity index is 1.79. The van der Waals surface area contributed by atoms with E-state index >= 15 is 0 Å². The lowest BCUT2D eigenvalue weighted by atomic mass is 9.89. The molecule has 25 heavy (non-hydrogen) atoms. The van der Waals surface area contributed by atoms with Gasteiger partial charge < -0.3 is 15.7 Å². The van der Waals surface area contributed by atoms with Crippen LogP contribution in [0.1, 0.15) is 23.1 Å². The van der Waals surface area contributed by atoms with Crippen molar-refractivity contribution >= 4 is 17.9 Å². The number of carbonyl (C=O) groups is 1. The summed E-state index contributed by atoms with van der Waals surface area (Å²) in [6.07, 6.45) is 6.35. The summed E-state index contributed by atoms with van der Waals surface area (Å²) in [5.41, 5.74) is 3.04. The van der Waals surface area contributed by atoms with E-state index in [0.717, 1.165) is 49.0 Å². The molecule has 1 fully saturated rings. The first-order chi connectivity index (χ1) is 12.1. The molecule has 0 aliphatic carbocycles. The van der Waals surface area contributed by atoms with Gasteiger partial charge in [0, 0.05) is 18.8 Å². The Bertz CT molecular complexity index is 766. The number of nitrogens with zero attached hydrogens (tertiary/aromatic N) is 1. The lowest BCUT2D eigenvalue weighted by Crippen LogP contribution is -2.43. The number of hydrogen-bond acceptors (Lipinski definition) is 4. The van der Waals surface area contributed by atoms with Crippen LogP contribution in [0.25, 0.3) is 6.08 Å². The van der Waals surface area contributed by atoms with Crippen molar-refractivity contribution < 1.29 is 9.90 Å². The maximum atomic E-state index is 10.6. The van der Waals surface area contributed by atoms with Gasteiger partial charge in [-0.3, -0.25) is 0 Å². The van der Waals surface area contributed by atoms with Gasteiger partial charge in [0.15, 0.2) is 0 Å². The maximum absolute atomic E-state index is 10.6. The summed E-state index contributed by atoms with van der Waals surface area (Å²) in [5.74, 6) is -0.106. The Morgan fingerprint density at radius 1 is 1.40 bits per heavy atom. The van der Waals surface area contributed by atoms with Gasteiger partial charge >= 0.3 is 5.97 Å². The van der Waals surface area contributed by atoms with Crippen LogP contribution in [-0.2, 0) is 11.2 Å². The normalized spacial score (nSPS) is 20.0. The van der Waals surface area contributed by atoms with E-state index < -0.39 is 5.97 Å². The molecule has 3 rings (SSSR count). The van der Waals surface area contributed by atoms with Gasteiger partial charge in [-0.2, -0.15) is 0 Å². The van der Waals surface area contributed by atoms with Crippen molar-refractivity contribution in [2.75, 3.05) is 18.4 Å².